The van der Waals surface area contributed by atoms with Crippen molar-refractivity contribution >= 4 is 33.5 Å². The van der Waals surface area contributed by atoms with Gasteiger partial charge in [-0.15, -0.1) is 0 Å². The van der Waals surface area contributed by atoms with E-state index in [1.165, 1.54) is 20.1 Å². The van der Waals surface area contributed by atoms with Crippen molar-refractivity contribution in [2.75, 3.05) is 0 Å². The van der Waals surface area contributed by atoms with Crippen LogP contribution in [0.15, 0.2) is 24.4 Å². The summed E-state index contributed by atoms with van der Waals surface area (Å²) in [6.07, 6.45) is 1.91. The molecule has 0 fully saturated rings. The molecule has 2 rings (SSSR count). The molecule has 0 unspecified atom stereocenters. The molecule has 1 aromatic heterocycles. The van der Waals surface area contributed by atoms with Crippen molar-refractivity contribution in [3.63, 3.8) is 0 Å². The zero-order valence-corrected chi connectivity index (χ0v) is 9.79. The summed E-state index contributed by atoms with van der Waals surface area (Å²) in [6.45, 7) is 4.22. The van der Waals surface area contributed by atoms with E-state index in [4.69, 9.17) is 0 Å². The van der Waals surface area contributed by atoms with Crippen LogP contribution >= 0.6 is 22.6 Å². The molecular weight excluding hydrogens is 273 g/mol. The molecule has 0 amide bonds. The van der Waals surface area contributed by atoms with E-state index in [9.17, 15) is 0 Å². The quantitative estimate of drug-likeness (QED) is 0.675. The maximum atomic E-state index is 4.43. The van der Waals surface area contributed by atoms with Crippen LogP contribution in [-0.4, -0.2) is 4.98 Å². The van der Waals surface area contributed by atoms with Gasteiger partial charge in [-0.2, -0.15) is 0 Å². The lowest BCUT2D eigenvalue weighted by molar-refractivity contribution is 1.33. The molecule has 1 nitrogen and oxygen atoms in total. The molecule has 0 N–H and O–H groups in total. The molecule has 1 heterocycles. The molecule has 0 saturated heterocycles. The molecule has 0 bridgehead atoms. The van der Waals surface area contributed by atoms with Gasteiger partial charge in [0.2, 0.25) is 0 Å². The number of pyridine rings is 1. The molecule has 0 saturated carbocycles. The summed E-state index contributed by atoms with van der Waals surface area (Å²) in [7, 11) is 0. The van der Waals surface area contributed by atoms with E-state index < -0.39 is 0 Å². The number of halogens is 1. The minimum Gasteiger partial charge on any atom is -0.255 e. The van der Waals surface area contributed by atoms with Crippen molar-refractivity contribution in [1.29, 1.82) is 0 Å². The molecule has 0 atom stereocenters. The van der Waals surface area contributed by atoms with Crippen molar-refractivity contribution in [3.8, 4) is 0 Å². The van der Waals surface area contributed by atoms with Crippen molar-refractivity contribution in [2.45, 2.75) is 13.8 Å². The SMILES string of the molecule is Cc1ccc(C)c2ncc(I)cc12. The number of aryl methyl sites for hydroxylation is 2. The van der Waals surface area contributed by atoms with Crippen LogP contribution in [0.5, 0.6) is 0 Å². The highest BCUT2D eigenvalue weighted by molar-refractivity contribution is 14.1. The van der Waals surface area contributed by atoms with Crippen molar-refractivity contribution in [1.82, 2.24) is 4.98 Å². The molecule has 0 aliphatic heterocycles. The van der Waals surface area contributed by atoms with Gasteiger partial charge in [-0.1, -0.05) is 12.1 Å². The van der Waals surface area contributed by atoms with E-state index in [1.54, 1.807) is 0 Å². The number of fused-ring (bicyclic) bond motifs is 1. The summed E-state index contributed by atoms with van der Waals surface area (Å²) in [5.41, 5.74) is 3.67. The predicted molar refractivity (Wildman–Crippen MR) is 63.9 cm³/mol. The first-order chi connectivity index (χ1) is 6.18. The second-order valence-corrected chi connectivity index (χ2v) is 4.49. The number of hydrogen-bond acceptors (Lipinski definition) is 1. The molecule has 1 aromatic carbocycles. The number of nitrogens with zero attached hydrogens (tertiary/aromatic N) is 1. The molecule has 2 aromatic rings. The van der Waals surface area contributed by atoms with Crippen LogP contribution in [0.3, 0.4) is 0 Å². The lowest BCUT2D eigenvalue weighted by Gasteiger charge is -2.04. The van der Waals surface area contributed by atoms with Gasteiger partial charge in [0.25, 0.3) is 0 Å². The van der Waals surface area contributed by atoms with Gasteiger partial charge in [-0.25, -0.2) is 0 Å². The normalized spacial score (nSPS) is 10.7. The van der Waals surface area contributed by atoms with E-state index in [0.29, 0.717) is 0 Å². The maximum absolute atomic E-state index is 4.43. The molecule has 0 aliphatic rings. The van der Waals surface area contributed by atoms with Gasteiger partial charge in [-0.3, -0.25) is 4.98 Å². The average molecular weight is 283 g/mol. The van der Waals surface area contributed by atoms with Crippen LogP contribution in [0, 0.1) is 17.4 Å². The fraction of sp³-hybridized carbons (Fsp3) is 0.182. The van der Waals surface area contributed by atoms with E-state index in [2.05, 4.69) is 59.6 Å². The number of aromatic nitrogens is 1. The monoisotopic (exact) mass is 283 g/mol. The summed E-state index contributed by atoms with van der Waals surface area (Å²) in [4.78, 5) is 4.43. The summed E-state index contributed by atoms with van der Waals surface area (Å²) in [5.74, 6) is 0. The van der Waals surface area contributed by atoms with E-state index in [1.807, 2.05) is 6.20 Å². The Morgan fingerprint density at radius 1 is 1.15 bits per heavy atom. The van der Waals surface area contributed by atoms with Gasteiger partial charge in [-0.05, 0) is 53.6 Å². The third-order valence-electron chi connectivity index (χ3n) is 2.24. The summed E-state index contributed by atoms with van der Waals surface area (Å²) >= 11 is 2.29. The molecule has 0 radical (unpaired) electrons. The minimum atomic E-state index is 1.13. The van der Waals surface area contributed by atoms with E-state index >= 15 is 0 Å². The highest BCUT2D eigenvalue weighted by atomic mass is 127. The highest BCUT2D eigenvalue weighted by Crippen LogP contribution is 2.21. The molecule has 66 valence electrons. The molecular formula is C11H10IN. The Balaban J connectivity index is 2.92. The topological polar surface area (TPSA) is 12.9 Å². The third kappa shape index (κ3) is 1.55. The fourth-order valence-corrected chi connectivity index (χ4v) is 1.92. The first-order valence-corrected chi connectivity index (χ1v) is 5.28. The lowest BCUT2D eigenvalue weighted by atomic mass is 10.1. The Bertz CT molecular complexity index is 463. The van der Waals surface area contributed by atoms with Gasteiger partial charge >= 0.3 is 0 Å². The zero-order valence-electron chi connectivity index (χ0n) is 7.63. The first-order valence-electron chi connectivity index (χ1n) is 4.20. The predicted octanol–water partition coefficient (Wildman–Crippen LogP) is 3.46. The molecule has 0 spiro atoms. The second kappa shape index (κ2) is 3.25. The summed E-state index contributed by atoms with van der Waals surface area (Å²) in [6, 6.07) is 6.46. The first kappa shape index (κ1) is 8.94. The van der Waals surface area contributed by atoms with Crippen molar-refractivity contribution in [3.05, 3.63) is 39.1 Å². The van der Waals surface area contributed by atoms with Crippen molar-refractivity contribution < 1.29 is 0 Å². The number of hydrogen-bond donors (Lipinski definition) is 0. The van der Waals surface area contributed by atoms with Crippen LogP contribution in [-0.2, 0) is 0 Å². The summed E-state index contributed by atoms with van der Waals surface area (Å²) < 4.78 is 1.19. The number of benzene rings is 1. The number of rotatable bonds is 0. The van der Waals surface area contributed by atoms with Crippen LogP contribution in [0.25, 0.3) is 10.9 Å². The van der Waals surface area contributed by atoms with Gasteiger partial charge in [0, 0.05) is 15.2 Å². The van der Waals surface area contributed by atoms with Crippen LogP contribution < -0.4 is 0 Å². The van der Waals surface area contributed by atoms with Gasteiger partial charge in [0.15, 0.2) is 0 Å². The smallest absolute Gasteiger partial charge is 0.0734 e. The van der Waals surface area contributed by atoms with Gasteiger partial charge in [0.1, 0.15) is 0 Å². The van der Waals surface area contributed by atoms with E-state index in [0.717, 1.165) is 5.52 Å². The Morgan fingerprint density at radius 2 is 1.85 bits per heavy atom. The zero-order chi connectivity index (χ0) is 9.42. The maximum Gasteiger partial charge on any atom is 0.0734 e. The van der Waals surface area contributed by atoms with Crippen LogP contribution in [0.1, 0.15) is 11.1 Å². The Hall–Kier alpha value is -0.640. The van der Waals surface area contributed by atoms with Crippen LogP contribution in [0.4, 0.5) is 0 Å². The minimum absolute atomic E-state index is 1.13. The Kier molecular flexibility index (Phi) is 2.24. The largest absolute Gasteiger partial charge is 0.255 e. The fourth-order valence-electron chi connectivity index (χ4n) is 1.47. The van der Waals surface area contributed by atoms with Gasteiger partial charge < -0.3 is 0 Å². The molecule has 13 heavy (non-hydrogen) atoms. The van der Waals surface area contributed by atoms with Crippen LogP contribution in [0.2, 0.25) is 0 Å². The third-order valence-corrected chi connectivity index (χ3v) is 2.83. The lowest BCUT2D eigenvalue weighted by Crippen LogP contribution is -1.87. The average Bonchev–Trinajstić information content (AvgIpc) is 2.12. The Morgan fingerprint density at radius 3 is 2.62 bits per heavy atom. The highest BCUT2D eigenvalue weighted by Gasteiger charge is 2.01. The second-order valence-electron chi connectivity index (χ2n) is 3.25. The molecule has 2 heteroatoms. The van der Waals surface area contributed by atoms with Crippen molar-refractivity contribution in [2.24, 2.45) is 0 Å². The Labute approximate surface area is 91.3 Å². The van der Waals surface area contributed by atoms with Gasteiger partial charge in [0.05, 0.1) is 5.52 Å². The molecule has 0 aliphatic carbocycles. The van der Waals surface area contributed by atoms with E-state index in [-0.39, 0.29) is 0 Å². The standard InChI is InChI=1S/C11H10IN/c1-7-3-4-8(2)11-10(7)5-9(12)6-13-11/h3-6H,1-2H3. The summed E-state index contributed by atoms with van der Waals surface area (Å²) in [5, 5.41) is 1.27.